The van der Waals surface area contributed by atoms with Gasteiger partial charge in [-0.25, -0.2) is 0 Å². The van der Waals surface area contributed by atoms with Crippen LogP contribution in [0.4, 0.5) is 0 Å². The first-order chi connectivity index (χ1) is 8.79. The minimum atomic E-state index is -0.213. The molecule has 1 amide bonds. The fraction of sp³-hybridized carbons (Fsp3) is 0.500. The Labute approximate surface area is 110 Å². The average Bonchev–Trinajstić information content (AvgIpc) is 2.90. The van der Waals surface area contributed by atoms with Gasteiger partial charge in [-0.05, 0) is 17.9 Å². The summed E-state index contributed by atoms with van der Waals surface area (Å²) in [6.45, 7) is 4.22. The average molecular weight is 267 g/mol. The van der Waals surface area contributed by atoms with Crippen molar-refractivity contribution in [1.29, 1.82) is 0 Å². The molecule has 0 aromatic carbocycles. The molecule has 6 heteroatoms. The van der Waals surface area contributed by atoms with Crippen LogP contribution in [0, 0.1) is 0 Å². The van der Waals surface area contributed by atoms with E-state index in [1.807, 2.05) is 0 Å². The lowest BCUT2D eigenvalue weighted by Gasteiger charge is -2.33. The van der Waals surface area contributed by atoms with Gasteiger partial charge in [0.05, 0.1) is 0 Å². The van der Waals surface area contributed by atoms with Crippen molar-refractivity contribution in [3.05, 3.63) is 22.4 Å². The largest absolute Gasteiger partial charge is 0.411 e. The van der Waals surface area contributed by atoms with Crippen molar-refractivity contribution < 1.29 is 10.0 Å². The summed E-state index contributed by atoms with van der Waals surface area (Å²) in [5, 5.41) is 13.2. The lowest BCUT2D eigenvalue weighted by atomic mass is 10.2. The van der Waals surface area contributed by atoms with E-state index in [-0.39, 0.29) is 5.91 Å². The monoisotopic (exact) mass is 267 g/mol. The number of amides is 1. The van der Waals surface area contributed by atoms with E-state index in [1.54, 1.807) is 16.2 Å². The Morgan fingerprint density at radius 2 is 2.22 bits per heavy atom. The van der Waals surface area contributed by atoms with E-state index in [9.17, 15) is 4.79 Å². The van der Waals surface area contributed by atoms with Crippen LogP contribution >= 0.6 is 11.3 Å². The van der Waals surface area contributed by atoms with Crippen LogP contribution < -0.4 is 0 Å². The van der Waals surface area contributed by atoms with Crippen molar-refractivity contribution in [2.75, 3.05) is 32.7 Å². The summed E-state index contributed by atoms with van der Waals surface area (Å²) >= 11 is 1.79. The molecule has 0 aliphatic carbocycles. The summed E-state index contributed by atoms with van der Waals surface area (Å²) in [5.41, 5.74) is 0. The predicted molar refractivity (Wildman–Crippen MR) is 71.3 cm³/mol. The SMILES string of the molecule is O=C(/C=N\O)N1CCN(CCc2cccs2)CC1. The summed E-state index contributed by atoms with van der Waals surface area (Å²) in [6.07, 6.45) is 2.03. The zero-order valence-corrected chi connectivity index (χ0v) is 11.0. The second-order valence-corrected chi connectivity index (χ2v) is 5.27. The van der Waals surface area contributed by atoms with Gasteiger partial charge in [0.25, 0.3) is 5.91 Å². The third-order valence-corrected chi connectivity index (χ3v) is 4.04. The standard InChI is InChI=1S/C12H17N3O2S/c16-12(10-13-17)15-7-5-14(6-8-15)4-3-11-2-1-9-18-11/h1-2,9-10,17H,3-8H2/b13-10-. The summed E-state index contributed by atoms with van der Waals surface area (Å²) in [6, 6.07) is 4.23. The predicted octanol–water partition coefficient (Wildman–Crippen LogP) is 0.895. The highest BCUT2D eigenvalue weighted by Crippen LogP contribution is 2.10. The first-order valence-electron chi connectivity index (χ1n) is 6.00. The molecule has 0 radical (unpaired) electrons. The third kappa shape index (κ3) is 3.54. The summed E-state index contributed by atoms with van der Waals surface area (Å²) in [4.78, 5) is 16.9. The maximum atomic E-state index is 11.4. The van der Waals surface area contributed by atoms with Crippen molar-refractivity contribution in [3.8, 4) is 0 Å². The first kappa shape index (κ1) is 13.0. The number of thiophene rings is 1. The Balaban J connectivity index is 1.71. The molecule has 1 aromatic rings. The molecule has 18 heavy (non-hydrogen) atoms. The molecule has 2 heterocycles. The Bertz CT molecular complexity index is 397. The lowest BCUT2D eigenvalue weighted by Crippen LogP contribution is -2.49. The maximum absolute atomic E-state index is 11.4. The number of hydrogen-bond donors (Lipinski definition) is 1. The second-order valence-electron chi connectivity index (χ2n) is 4.24. The van der Waals surface area contributed by atoms with Crippen LogP contribution in [-0.4, -0.2) is 59.9 Å². The number of rotatable bonds is 4. The van der Waals surface area contributed by atoms with E-state index >= 15 is 0 Å². The maximum Gasteiger partial charge on any atom is 0.268 e. The van der Waals surface area contributed by atoms with Gasteiger partial charge in [0.1, 0.15) is 6.21 Å². The molecule has 1 N–H and O–H groups in total. The van der Waals surface area contributed by atoms with Crippen LogP contribution in [0.1, 0.15) is 4.88 Å². The summed E-state index contributed by atoms with van der Waals surface area (Å²) < 4.78 is 0. The van der Waals surface area contributed by atoms with Crippen molar-refractivity contribution in [3.63, 3.8) is 0 Å². The highest BCUT2D eigenvalue weighted by Gasteiger charge is 2.19. The van der Waals surface area contributed by atoms with E-state index in [4.69, 9.17) is 5.21 Å². The van der Waals surface area contributed by atoms with E-state index in [2.05, 4.69) is 27.6 Å². The van der Waals surface area contributed by atoms with Crippen LogP contribution in [0.2, 0.25) is 0 Å². The highest BCUT2D eigenvalue weighted by molar-refractivity contribution is 7.09. The van der Waals surface area contributed by atoms with Crippen molar-refractivity contribution >= 4 is 23.5 Å². The Morgan fingerprint density at radius 1 is 1.44 bits per heavy atom. The van der Waals surface area contributed by atoms with Gasteiger partial charge in [0, 0.05) is 37.6 Å². The second kappa shape index (κ2) is 6.51. The molecule has 5 nitrogen and oxygen atoms in total. The smallest absolute Gasteiger partial charge is 0.268 e. The fourth-order valence-corrected chi connectivity index (χ4v) is 2.74. The molecular formula is C12H17N3O2S. The van der Waals surface area contributed by atoms with E-state index in [0.717, 1.165) is 32.3 Å². The number of nitrogens with zero attached hydrogens (tertiary/aromatic N) is 3. The highest BCUT2D eigenvalue weighted by atomic mass is 32.1. The minimum absolute atomic E-state index is 0.213. The van der Waals surface area contributed by atoms with Crippen LogP contribution in [0.3, 0.4) is 0 Å². The lowest BCUT2D eigenvalue weighted by molar-refractivity contribution is -0.125. The third-order valence-electron chi connectivity index (χ3n) is 3.11. The molecule has 1 aromatic heterocycles. The van der Waals surface area contributed by atoms with Crippen molar-refractivity contribution in [2.24, 2.45) is 5.16 Å². The van der Waals surface area contributed by atoms with E-state index < -0.39 is 0 Å². The van der Waals surface area contributed by atoms with Gasteiger partial charge in [-0.1, -0.05) is 11.2 Å². The van der Waals surface area contributed by atoms with Crippen LogP contribution in [-0.2, 0) is 11.2 Å². The molecule has 1 aliphatic rings. The number of hydrogen-bond acceptors (Lipinski definition) is 5. The molecule has 0 saturated carbocycles. The van der Waals surface area contributed by atoms with E-state index in [1.165, 1.54) is 4.88 Å². The van der Waals surface area contributed by atoms with Crippen molar-refractivity contribution in [2.45, 2.75) is 6.42 Å². The normalized spacial score (nSPS) is 17.4. The molecule has 0 spiro atoms. The van der Waals surface area contributed by atoms with Gasteiger partial charge in [-0.2, -0.15) is 0 Å². The molecule has 1 saturated heterocycles. The molecular weight excluding hydrogens is 250 g/mol. The van der Waals surface area contributed by atoms with Gasteiger partial charge < -0.3 is 10.1 Å². The molecule has 0 atom stereocenters. The van der Waals surface area contributed by atoms with Crippen molar-refractivity contribution in [1.82, 2.24) is 9.80 Å². The Kier molecular flexibility index (Phi) is 4.72. The molecule has 2 rings (SSSR count). The Morgan fingerprint density at radius 3 is 2.83 bits per heavy atom. The quantitative estimate of drug-likeness (QED) is 0.501. The summed E-state index contributed by atoms with van der Waals surface area (Å²) in [7, 11) is 0. The zero-order valence-electron chi connectivity index (χ0n) is 10.2. The molecule has 0 unspecified atom stereocenters. The van der Waals surface area contributed by atoms with Gasteiger partial charge in [-0.3, -0.25) is 9.69 Å². The van der Waals surface area contributed by atoms with E-state index in [0.29, 0.717) is 13.1 Å². The zero-order chi connectivity index (χ0) is 12.8. The van der Waals surface area contributed by atoms with Gasteiger partial charge in [0.15, 0.2) is 0 Å². The van der Waals surface area contributed by atoms with Gasteiger partial charge >= 0.3 is 0 Å². The summed E-state index contributed by atoms with van der Waals surface area (Å²) in [5.74, 6) is -0.213. The number of piperazine rings is 1. The van der Waals surface area contributed by atoms with Crippen LogP contribution in [0.25, 0.3) is 0 Å². The van der Waals surface area contributed by atoms with Gasteiger partial charge in [-0.15, -0.1) is 11.3 Å². The fourth-order valence-electron chi connectivity index (χ4n) is 2.05. The molecule has 1 fully saturated rings. The molecule has 98 valence electrons. The van der Waals surface area contributed by atoms with Gasteiger partial charge in [0.2, 0.25) is 0 Å². The number of carbonyl (C=O) groups is 1. The first-order valence-corrected chi connectivity index (χ1v) is 6.88. The van der Waals surface area contributed by atoms with Crippen LogP contribution in [0.15, 0.2) is 22.7 Å². The number of carbonyl (C=O) groups excluding carboxylic acids is 1. The Hall–Kier alpha value is -1.40. The molecule has 0 bridgehead atoms. The molecule has 1 aliphatic heterocycles. The van der Waals surface area contributed by atoms with Crippen LogP contribution in [0.5, 0.6) is 0 Å². The number of oxime groups is 1. The minimum Gasteiger partial charge on any atom is -0.411 e. The topological polar surface area (TPSA) is 56.1 Å².